The Bertz CT molecular complexity index is 370. The van der Waals surface area contributed by atoms with E-state index in [9.17, 15) is 0 Å². The van der Waals surface area contributed by atoms with E-state index in [0.717, 1.165) is 38.4 Å². The second kappa shape index (κ2) is 5.45. The number of aryl methyl sites for hydroxylation is 1. The fourth-order valence-corrected chi connectivity index (χ4v) is 2.13. The zero-order valence-corrected chi connectivity index (χ0v) is 11.0. The number of hydrogen-bond donors (Lipinski definition) is 1. The summed E-state index contributed by atoms with van der Waals surface area (Å²) in [6, 6.07) is 0. The summed E-state index contributed by atoms with van der Waals surface area (Å²) in [4.78, 5) is 11.6. The van der Waals surface area contributed by atoms with Crippen molar-refractivity contribution in [2.24, 2.45) is 0 Å². The van der Waals surface area contributed by atoms with Crippen molar-refractivity contribution in [3.8, 4) is 0 Å². The summed E-state index contributed by atoms with van der Waals surface area (Å²) in [6.07, 6.45) is 2.98. The smallest absolute Gasteiger partial charge is 0.131 e. The quantitative estimate of drug-likeness (QED) is 0.862. The molecule has 4 heteroatoms. The summed E-state index contributed by atoms with van der Waals surface area (Å²) < 4.78 is 0. The van der Waals surface area contributed by atoms with Gasteiger partial charge in [0, 0.05) is 32.1 Å². The Kier molecular flexibility index (Phi) is 3.94. The molecular formula is C13H22N4. The minimum atomic E-state index is 0.400. The van der Waals surface area contributed by atoms with Gasteiger partial charge < -0.3 is 10.2 Å². The highest BCUT2D eigenvalue weighted by molar-refractivity contribution is 5.49. The lowest BCUT2D eigenvalue weighted by Gasteiger charge is -2.30. The van der Waals surface area contributed by atoms with E-state index in [0.29, 0.717) is 5.92 Å². The second-order valence-corrected chi connectivity index (χ2v) is 4.81. The standard InChI is InChI=1S/C13H22N4/c1-4-11-12(17-7-5-14-6-8-17)9-15-13(16-11)10(2)3/h9-10,14H,4-8H2,1-3H3. The van der Waals surface area contributed by atoms with Gasteiger partial charge >= 0.3 is 0 Å². The summed E-state index contributed by atoms with van der Waals surface area (Å²) >= 11 is 0. The number of nitrogens with one attached hydrogen (secondary N) is 1. The van der Waals surface area contributed by atoms with E-state index in [1.807, 2.05) is 6.20 Å². The van der Waals surface area contributed by atoms with Gasteiger partial charge in [0.15, 0.2) is 0 Å². The maximum Gasteiger partial charge on any atom is 0.131 e. The topological polar surface area (TPSA) is 41.1 Å². The van der Waals surface area contributed by atoms with E-state index in [2.05, 4.69) is 36.0 Å². The van der Waals surface area contributed by atoms with Crippen LogP contribution in [0.3, 0.4) is 0 Å². The molecule has 0 saturated carbocycles. The normalized spacial score (nSPS) is 16.6. The highest BCUT2D eigenvalue weighted by atomic mass is 15.2. The van der Waals surface area contributed by atoms with Crippen molar-refractivity contribution in [3.05, 3.63) is 17.7 Å². The minimum Gasteiger partial charge on any atom is -0.366 e. The molecule has 1 aliphatic rings. The molecule has 0 amide bonds. The molecule has 0 unspecified atom stereocenters. The molecule has 4 nitrogen and oxygen atoms in total. The molecule has 1 aromatic rings. The highest BCUT2D eigenvalue weighted by Gasteiger charge is 2.16. The highest BCUT2D eigenvalue weighted by Crippen LogP contribution is 2.21. The molecule has 0 aromatic carbocycles. The number of aromatic nitrogens is 2. The van der Waals surface area contributed by atoms with Gasteiger partial charge in [-0.3, -0.25) is 0 Å². The van der Waals surface area contributed by atoms with Gasteiger partial charge in [0.25, 0.3) is 0 Å². The lowest BCUT2D eigenvalue weighted by molar-refractivity contribution is 0.585. The predicted molar refractivity (Wildman–Crippen MR) is 70.6 cm³/mol. The van der Waals surface area contributed by atoms with Gasteiger partial charge in [-0.15, -0.1) is 0 Å². The van der Waals surface area contributed by atoms with Gasteiger partial charge in [-0.1, -0.05) is 20.8 Å². The van der Waals surface area contributed by atoms with Gasteiger partial charge in [0.1, 0.15) is 5.82 Å². The van der Waals surface area contributed by atoms with Crippen LogP contribution in [0.4, 0.5) is 5.69 Å². The van der Waals surface area contributed by atoms with Gasteiger partial charge in [-0.25, -0.2) is 9.97 Å². The average molecular weight is 234 g/mol. The van der Waals surface area contributed by atoms with E-state index >= 15 is 0 Å². The van der Waals surface area contributed by atoms with Crippen LogP contribution >= 0.6 is 0 Å². The molecule has 1 aliphatic heterocycles. The summed E-state index contributed by atoms with van der Waals surface area (Å²) in [5.41, 5.74) is 2.41. The van der Waals surface area contributed by atoms with E-state index in [4.69, 9.17) is 4.98 Å². The molecule has 0 aliphatic carbocycles. The molecule has 0 bridgehead atoms. The minimum absolute atomic E-state index is 0.400. The summed E-state index contributed by atoms with van der Waals surface area (Å²) in [7, 11) is 0. The van der Waals surface area contributed by atoms with E-state index in [1.54, 1.807) is 0 Å². The predicted octanol–water partition coefficient (Wildman–Crippen LogP) is 1.57. The third-order valence-electron chi connectivity index (χ3n) is 3.17. The Morgan fingerprint density at radius 1 is 1.35 bits per heavy atom. The summed E-state index contributed by atoms with van der Waals surface area (Å²) in [5, 5.41) is 3.37. The van der Waals surface area contributed by atoms with E-state index < -0.39 is 0 Å². The SMILES string of the molecule is CCc1nc(C(C)C)ncc1N1CCNCC1. The Morgan fingerprint density at radius 3 is 2.65 bits per heavy atom. The zero-order chi connectivity index (χ0) is 12.3. The molecular weight excluding hydrogens is 212 g/mol. The monoisotopic (exact) mass is 234 g/mol. The van der Waals surface area contributed by atoms with Gasteiger partial charge in [-0.2, -0.15) is 0 Å². The van der Waals surface area contributed by atoms with Crippen LogP contribution in [0.2, 0.25) is 0 Å². The second-order valence-electron chi connectivity index (χ2n) is 4.81. The fraction of sp³-hybridized carbons (Fsp3) is 0.692. The van der Waals surface area contributed by atoms with Crippen molar-refractivity contribution in [2.75, 3.05) is 31.1 Å². The molecule has 1 aromatic heterocycles. The average Bonchev–Trinajstić information content (AvgIpc) is 2.39. The maximum atomic E-state index is 4.69. The molecule has 94 valence electrons. The first-order valence-corrected chi connectivity index (χ1v) is 6.53. The van der Waals surface area contributed by atoms with Crippen molar-refractivity contribution in [2.45, 2.75) is 33.1 Å². The molecule has 1 fully saturated rings. The third-order valence-corrected chi connectivity index (χ3v) is 3.17. The number of anilines is 1. The molecule has 1 N–H and O–H groups in total. The molecule has 0 radical (unpaired) electrons. The van der Waals surface area contributed by atoms with E-state index in [1.165, 1.54) is 11.4 Å². The van der Waals surface area contributed by atoms with Gasteiger partial charge in [0.05, 0.1) is 17.6 Å². The van der Waals surface area contributed by atoms with Crippen LogP contribution < -0.4 is 10.2 Å². The van der Waals surface area contributed by atoms with Crippen LogP contribution in [0.5, 0.6) is 0 Å². The number of rotatable bonds is 3. The number of nitrogens with zero attached hydrogens (tertiary/aromatic N) is 3. The molecule has 2 rings (SSSR count). The lowest BCUT2D eigenvalue weighted by Crippen LogP contribution is -2.44. The Morgan fingerprint density at radius 2 is 2.06 bits per heavy atom. The Hall–Kier alpha value is -1.16. The first-order chi connectivity index (χ1) is 8.22. The fourth-order valence-electron chi connectivity index (χ4n) is 2.13. The van der Waals surface area contributed by atoms with Crippen LogP contribution in [0, 0.1) is 0 Å². The first-order valence-electron chi connectivity index (χ1n) is 6.53. The van der Waals surface area contributed by atoms with Crippen LogP contribution in [0.25, 0.3) is 0 Å². The van der Waals surface area contributed by atoms with Gasteiger partial charge in [-0.05, 0) is 6.42 Å². The summed E-state index contributed by atoms with van der Waals surface area (Å²) in [5.74, 6) is 1.36. The van der Waals surface area contributed by atoms with Crippen molar-refractivity contribution in [1.82, 2.24) is 15.3 Å². The van der Waals surface area contributed by atoms with Crippen LogP contribution in [-0.4, -0.2) is 36.1 Å². The summed E-state index contributed by atoms with van der Waals surface area (Å²) in [6.45, 7) is 10.6. The molecule has 17 heavy (non-hydrogen) atoms. The van der Waals surface area contributed by atoms with Crippen molar-refractivity contribution < 1.29 is 0 Å². The third kappa shape index (κ3) is 2.75. The van der Waals surface area contributed by atoms with Crippen LogP contribution in [0.1, 0.15) is 38.2 Å². The van der Waals surface area contributed by atoms with E-state index in [-0.39, 0.29) is 0 Å². The van der Waals surface area contributed by atoms with Crippen molar-refractivity contribution >= 4 is 5.69 Å². The van der Waals surface area contributed by atoms with Crippen LogP contribution in [-0.2, 0) is 6.42 Å². The molecule has 0 atom stereocenters. The van der Waals surface area contributed by atoms with Crippen molar-refractivity contribution in [1.29, 1.82) is 0 Å². The van der Waals surface area contributed by atoms with Crippen molar-refractivity contribution in [3.63, 3.8) is 0 Å². The Labute approximate surface area is 103 Å². The number of hydrogen-bond acceptors (Lipinski definition) is 4. The lowest BCUT2D eigenvalue weighted by atomic mass is 10.1. The Balaban J connectivity index is 2.26. The molecule has 1 saturated heterocycles. The number of piperazine rings is 1. The molecule has 0 spiro atoms. The first kappa shape index (κ1) is 12.3. The maximum absolute atomic E-state index is 4.69. The van der Waals surface area contributed by atoms with Crippen LogP contribution in [0.15, 0.2) is 6.20 Å². The zero-order valence-electron chi connectivity index (χ0n) is 11.0. The van der Waals surface area contributed by atoms with Gasteiger partial charge in [0.2, 0.25) is 0 Å². The molecule has 2 heterocycles. The largest absolute Gasteiger partial charge is 0.366 e.